The molecule has 3 N–H and O–H groups in total. The van der Waals surface area contributed by atoms with E-state index in [-0.39, 0.29) is 17.9 Å². The molecule has 1 rings (SSSR count). The van der Waals surface area contributed by atoms with Crippen LogP contribution in [0, 0.1) is 0 Å². The van der Waals surface area contributed by atoms with Crippen molar-refractivity contribution >= 4 is 23.8 Å². The van der Waals surface area contributed by atoms with E-state index < -0.39 is 36.0 Å². The lowest BCUT2D eigenvalue weighted by molar-refractivity contribution is -0.207. The van der Waals surface area contributed by atoms with Gasteiger partial charge in [-0.1, -0.05) is 0 Å². The van der Waals surface area contributed by atoms with E-state index in [2.05, 4.69) is 4.84 Å². The van der Waals surface area contributed by atoms with Crippen LogP contribution in [0.4, 0.5) is 0 Å². The van der Waals surface area contributed by atoms with Crippen LogP contribution in [0.2, 0.25) is 0 Å². The molecule has 0 saturated carbocycles. The first kappa shape index (κ1) is 13.1. The molecule has 0 bridgehead atoms. The summed E-state index contributed by atoms with van der Waals surface area (Å²) in [5.74, 6) is -4.99. The zero-order valence-corrected chi connectivity index (χ0v) is 8.40. The summed E-state index contributed by atoms with van der Waals surface area (Å²) in [6.45, 7) is 0. The molecule has 2 atom stereocenters. The van der Waals surface area contributed by atoms with E-state index in [4.69, 9.17) is 15.3 Å². The Morgan fingerprint density at radius 3 is 2.00 bits per heavy atom. The van der Waals surface area contributed by atoms with Gasteiger partial charge in [0.05, 0.1) is 0 Å². The largest absolute Gasteiger partial charge is 0.479 e. The van der Waals surface area contributed by atoms with Crippen molar-refractivity contribution in [1.82, 2.24) is 5.06 Å². The monoisotopic (exact) mass is 247 g/mol. The summed E-state index contributed by atoms with van der Waals surface area (Å²) in [4.78, 5) is 47.6. The molecule has 94 valence electrons. The topological polar surface area (TPSA) is 141 Å². The molecule has 1 saturated heterocycles. The second kappa shape index (κ2) is 4.89. The molecule has 9 nitrogen and oxygen atoms in total. The van der Waals surface area contributed by atoms with Crippen molar-refractivity contribution in [2.75, 3.05) is 0 Å². The Balaban J connectivity index is 2.63. The van der Waals surface area contributed by atoms with Crippen molar-refractivity contribution in [2.24, 2.45) is 0 Å². The second-order valence-corrected chi connectivity index (χ2v) is 3.22. The number of imide groups is 1. The maximum Gasteiger partial charge on any atom is 0.364 e. The molecule has 2 amide bonds. The van der Waals surface area contributed by atoms with Crippen LogP contribution in [0.1, 0.15) is 12.8 Å². The summed E-state index contributed by atoms with van der Waals surface area (Å²) >= 11 is 0. The summed E-state index contributed by atoms with van der Waals surface area (Å²) in [6, 6.07) is 0. The van der Waals surface area contributed by atoms with Crippen molar-refractivity contribution in [2.45, 2.75) is 25.0 Å². The van der Waals surface area contributed by atoms with E-state index in [0.29, 0.717) is 0 Å². The molecule has 0 spiro atoms. The lowest BCUT2D eigenvalue weighted by Crippen LogP contribution is -2.44. The van der Waals surface area contributed by atoms with Gasteiger partial charge in [-0.2, -0.15) is 0 Å². The van der Waals surface area contributed by atoms with Gasteiger partial charge >= 0.3 is 11.9 Å². The fourth-order valence-electron chi connectivity index (χ4n) is 1.07. The molecule has 1 aliphatic heterocycles. The number of aliphatic carboxylic acids is 1. The third-order valence-electron chi connectivity index (χ3n) is 1.98. The highest BCUT2D eigenvalue weighted by Crippen LogP contribution is 2.13. The number of amides is 2. The van der Waals surface area contributed by atoms with E-state index in [1.54, 1.807) is 0 Å². The first-order chi connectivity index (χ1) is 7.84. The zero-order valence-electron chi connectivity index (χ0n) is 8.40. The normalized spacial score (nSPS) is 19.1. The average molecular weight is 247 g/mol. The Morgan fingerprint density at radius 1 is 1.12 bits per heavy atom. The van der Waals surface area contributed by atoms with Crippen LogP contribution >= 0.6 is 0 Å². The number of rotatable bonds is 4. The lowest BCUT2D eigenvalue weighted by atomic mass is 10.2. The molecule has 0 radical (unpaired) electrons. The Hall–Kier alpha value is -2.00. The number of hydrogen-bond acceptors (Lipinski definition) is 7. The van der Waals surface area contributed by atoms with Crippen molar-refractivity contribution in [3.63, 3.8) is 0 Å². The van der Waals surface area contributed by atoms with Crippen LogP contribution in [0.3, 0.4) is 0 Å². The van der Waals surface area contributed by atoms with Gasteiger partial charge in [-0.05, 0) is 0 Å². The molecule has 2 unspecified atom stereocenters. The highest BCUT2D eigenvalue weighted by molar-refractivity contribution is 6.01. The molecule has 17 heavy (non-hydrogen) atoms. The second-order valence-electron chi connectivity index (χ2n) is 3.22. The maximum absolute atomic E-state index is 11.1. The minimum Gasteiger partial charge on any atom is -0.479 e. The number of aliphatic hydroxyl groups excluding tert-OH is 2. The Morgan fingerprint density at radius 2 is 1.59 bits per heavy atom. The van der Waals surface area contributed by atoms with Gasteiger partial charge in [0.15, 0.2) is 12.2 Å². The minimum atomic E-state index is -2.39. The van der Waals surface area contributed by atoms with Crippen LogP contribution in [0.15, 0.2) is 0 Å². The molecule has 1 heterocycles. The molecule has 1 fully saturated rings. The number of carbonyl (C=O) groups is 4. The Labute approximate surface area is 94.1 Å². The van der Waals surface area contributed by atoms with E-state index in [1.807, 2.05) is 0 Å². The summed E-state index contributed by atoms with van der Waals surface area (Å²) in [5.41, 5.74) is 0. The number of carboxylic acid groups (broad SMARTS) is 1. The smallest absolute Gasteiger partial charge is 0.364 e. The quantitative estimate of drug-likeness (QED) is 0.459. The van der Waals surface area contributed by atoms with Gasteiger partial charge in [-0.15, -0.1) is 5.06 Å². The van der Waals surface area contributed by atoms with Crippen molar-refractivity contribution in [1.29, 1.82) is 0 Å². The standard InChI is InChI=1S/C8H9NO8/c10-3-1-2-4(11)9(3)17-8(16)6(13)5(12)7(14)15/h5-6,12-13H,1-2H2,(H,14,15). The van der Waals surface area contributed by atoms with E-state index in [9.17, 15) is 19.2 Å². The minimum absolute atomic E-state index is 0.135. The molecule has 9 heteroatoms. The Kier molecular flexibility index (Phi) is 3.76. The number of carboxylic acids is 1. The maximum atomic E-state index is 11.1. The van der Waals surface area contributed by atoms with Crippen LogP contribution in [-0.2, 0) is 24.0 Å². The van der Waals surface area contributed by atoms with E-state index in [0.717, 1.165) is 0 Å². The van der Waals surface area contributed by atoms with Gasteiger partial charge in [0, 0.05) is 12.8 Å². The first-order valence-corrected chi connectivity index (χ1v) is 4.51. The molecule has 0 aromatic heterocycles. The third kappa shape index (κ3) is 2.77. The van der Waals surface area contributed by atoms with Gasteiger partial charge in [-0.25, -0.2) is 9.59 Å². The van der Waals surface area contributed by atoms with Gasteiger partial charge in [0.2, 0.25) is 0 Å². The van der Waals surface area contributed by atoms with Gasteiger partial charge in [-0.3, -0.25) is 9.59 Å². The number of carbonyl (C=O) groups excluding carboxylic acids is 3. The average Bonchev–Trinajstić information content (AvgIpc) is 2.58. The molecule has 0 aromatic rings. The molecule has 0 aliphatic carbocycles. The first-order valence-electron chi connectivity index (χ1n) is 4.51. The van der Waals surface area contributed by atoms with Crippen LogP contribution in [0.5, 0.6) is 0 Å². The Bertz CT molecular complexity index is 362. The van der Waals surface area contributed by atoms with E-state index >= 15 is 0 Å². The SMILES string of the molecule is O=C(O)C(O)C(O)C(=O)ON1C(=O)CCC1=O. The summed E-state index contributed by atoms with van der Waals surface area (Å²) < 4.78 is 0. The van der Waals surface area contributed by atoms with Crippen LogP contribution in [-0.4, -0.2) is 56.3 Å². The van der Waals surface area contributed by atoms with Crippen molar-refractivity contribution in [3.05, 3.63) is 0 Å². The number of nitrogens with zero attached hydrogens (tertiary/aromatic N) is 1. The summed E-state index contributed by atoms with van der Waals surface area (Å²) in [5, 5.41) is 26.3. The fraction of sp³-hybridized carbons (Fsp3) is 0.500. The zero-order chi connectivity index (χ0) is 13.2. The summed E-state index contributed by atoms with van der Waals surface area (Å²) in [6.07, 6.45) is -5.04. The fourth-order valence-corrected chi connectivity index (χ4v) is 1.07. The predicted octanol–water partition coefficient (Wildman–Crippen LogP) is -2.60. The van der Waals surface area contributed by atoms with Crippen LogP contribution in [0.25, 0.3) is 0 Å². The van der Waals surface area contributed by atoms with Gasteiger partial charge in [0.1, 0.15) is 0 Å². The van der Waals surface area contributed by atoms with Crippen LogP contribution < -0.4 is 0 Å². The lowest BCUT2D eigenvalue weighted by Gasteiger charge is -2.16. The molecular formula is C8H9NO8. The number of hydrogen-bond donors (Lipinski definition) is 3. The number of aliphatic hydroxyl groups is 2. The highest BCUT2D eigenvalue weighted by Gasteiger charge is 2.38. The molecule has 1 aliphatic rings. The summed E-state index contributed by atoms with van der Waals surface area (Å²) in [7, 11) is 0. The molecular weight excluding hydrogens is 238 g/mol. The van der Waals surface area contributed by atoms with Gasteiger partial charge < -0.3 is 20.2 Å². The molecule has 0 aromatic carbocycles. The number of hydroxylamine groups is 2. The predicted molar refractivity (Wildman–Crippen MR) is 46.8 cm³/mol. The van der Waals surface area contributed by atoms with E-state index in [1.165, 1.54) is 0 Å². The van der Waals surface area contributed by atoms with Crippen molar-refractivity contribution in [3.8, 4) is 0 Å². The highest BCUT2D eigenvalue weighted by atomic mass is 16.7. The van der Waals surface area contributed by atoms with Gasteiger partial charge in [0.25, 0.3) is 11.8 Å². The third-order valence-corrected chi connectivity index (χ3v) is 1.98. The van der Waals surface area contributed by atoms with Crippen molar-refractivity contribution < 1.29 is 39.3 Å².